The van der Waals surface area contributed by atoms with Crippen LogP contribution in [0.1, 0.15) is 31.7 Å². The normalized spacial score (nSPS) is 25.3. The SMILES string of the molecule is Cc1ncc(CN2[C@H](C)S[C@H](CCOP(=O)(O)OP(=O)(O)O)[C@@H]2C)c(N)n1.O. The van der Waals surface area contributed by atoms with Gasteiger partial charge in [-0.25, -0.2) is 19.1 Å². The van der Waals surface area contributed by atoms with E-state index in [1.54, 1.807) is 24.9 Å². The molecule has 162 valence electrons. The van der Waals surface area contributed by atoms with Crippen molar-refractivity contribution in [2.24, 2.45) is 0 Å². The summed E-state index contributed by atoms with van der Waals surface area (Å²) in [5, 5.41) is 0.251. The van der Waals surface area contributed by atoms with Crippen LogP contribution < -0.4 is 5.73 Å². The van der Waals surface area contributed by atoms with Crippen molar-refractivity contribution in [3.8, 4) is 0 Å². The molecule has 1 unspecified atom stereocenters. The molecule has 0 aromatic carbocycles. The number of aromatic nitrogens is 2. The Labute approximate surface area is 167 Å². The minimum atomic E-state index is -5.11. The van der Waals surface area contributed by atoms with Crippen LogP contribution in [0.15, 0.2) is 6.20 Å². The summed E-state index contributed by atoms with van der Waals surface area (Å²) in [5.74, 6) is 1.05. The molecule has 28 heavy (non-hydrogen) atoms. The number of phosphoric acid groups is 2. The van der Waals surface area contributed by atoms with Gasteiger partial charge in [0.2, 0.25) is 0 Å². The van der Waals surface area contributed by atoms with Gasteiger partial charge in [-0.3, -0.25) is 9.42 Å². The number of anilines is 1. The van der Waals surface area contributed by atoms with Crippen LogP contribution in [0.25, 0.3) is 0 Å². The Morgan fingerprint density at radius 3 is 2.54 bits per heavy atom. The molecule has 0 amide bonds. The summed E-state index contributed by atoms with van der Waals surface area (Å²) >= 11 is 1.67. The molecule has 1 aliphatic heterocycles. The summed E-state index contributed by atoms with van der Waals surface area (Å²) in [6.45, 7) is 6.23. The lowest BCUT2D eigenvalue weighted by atomic mass is 10.1. The predicted molar refractivity (Wildman–Crippen MR) is 104 cm³/mol. The highest BCUT2D eigenvalue weighted by molar-refractivity contribution is 8.00. The average molecular weight is 460 g/mol. The van der Waals surface area contributed by atoms with Gasteiger partial charge in [-0.2, -0.15) is 4.31 Å². The maximum Gasteiger partial charge on any atom is 0.481 e. The lowest BCUT2D eigenvalue weighted by molar-refractivity contribution is 0.166. The minimum absolute atomic E-state index is 0. The van der Waals surface area contributed by atoms with Crippen molar-refractivity contribution in [1.29, 1.82) is 0 Å². The van der Waals surface area contributed by atoms with E-state index < -0.39 is 15.6 Å². The van der Waals surface area contributed by atoms with Crippen molar-refractivity contribution in [2.75, 3.05) is 12.3 Å². The maximum atomic E-state index is 11.5. The Morgan fingerprint density at radius 1 is 1.32 bits per heavy atom. The molecule has 0 spiro atoms. The molecular formula is C13H26N4O8P2S. The molecule has 1 aliphatic rings. The van der Waals surface area contributed by atoms with Crippen LogP contribution in [-0.4, -0.2) is 58.3 Å². The first-order chi connectivity index (χ1) is 12.4. The second-order valence-corrected chi connectivity index (χ2v) is 10.6. The van der Waals surface area contributed by atoms with E-state index in [0.29, 0.717) is 24.6 Å². The van der Waals surface area contributed by atoms with Gasteiger partial charge < -0.3 is 25.9 Å². The fourth-order valence-electron chi connectivity index (χ4n) is 2.84. The van der Waals surface area contributed by atoms with Gasteiger partial charge in [0.25, 0.3) is 0 Å². The lowest BCUT2D eigenvalue weighted by Gasteiger charge is -2.26. The number of nitrogens with two attached hydrogens (primary N) is 1. The quantitative estimate of drug-likeness (QED) is 0.398. The predicted octanol–water partition coefficient (Wildman–Crippen LogP) is 0.811. The van der Waals surface area contributed by atoms with Gasteiger partial charge in [0.05, 0.1) is 12.0 Å². The van der Waals surface area contributed by atoms with Crippen molar-refractivity contribution in [3.63, 3.8) is 0 Å². The molecule has 4 atom stereocenters. The maximum absolute atomic E-state index is 11.5. The van der Waals surface area contributed by atoms with E-state index in [-0.39, 0.29) is 28.7 Å². The third-order valence-electron chi connectivity index (χ3n) is 4.14. The zero-order chi connectivity index (χ0) is 20.4. The largest absolute Gasteiger partial charge is 0.481 e. The van der Waals surface area contributed by atoms with Crippen LogP contribution in [0, 0.1) is 6.92 Å². The number of hydrogen-bond acceptors (Lipinski definition) is 9. The number of aryl methyl sites for hydroxylation is 1. The van der Waals surface area contributed by atoms with Gasteiger partial charge in [-0.05, 0) is 27.2 Å². The first-order valence-corrected chi connectivity index (χ1v) is 12.1. The third-order valence-corrected chi connectivity index (χ3v) is 7.97. The van der Waals surface area contributed by atoms with Crippen LogP contribution >= 0.6 is 27.4 Å². The minimum Gasteiger partial charge on any atom is -0.412 e. The monoisotopic (exact) mass is 460 g/mol. The molecule has 1 aromatic heterocycles. The summed E-state index contributed by atoms with van der Waals surface area (Å²) < 4.78 is 30.6. The number of thioether (sulfide) groups is 1. The topological polar surface area (TPSA) is 200 Å². The number of hydrogen-bond donors (Lipinski definition) is 4. The van der Waals surface area contributed by atoms with E-state index in [1.165, 1.54) is 0 Å². The van der Waals surface area contributed by atoms with Crippen molar-refractivity contribution < 1.29 is 38.1 Å². The molecule has 1 saturated heterocycles. The van der Waals surface area contributed by atoms with Gasteiger partial charge in [0.1, 0.15) is 11.6 Å². The molecule has 0 aliphatic carbocycles. The van der Waals surface area contributed by atoms with Crippen LogP contribution in [0.2, 0.25) is 0 Å². The van der Waals surface area contributed by atoms with Crippen molar-refractivity contribution in [1.82, 2.24) is 14.9 Å². The molecule has 1 fully saturated rings. The highest BCUT2D eigenvalue weighted by Crippen LogP contribution is 2.57. The molecule has 15 heteroatoms. The fourth-order valence-corrected chi connectivity index (χ4v) is 5.99. The molecule has 2 rings (SSSR count). The van der Waals surface area contributed by atoms with Crippen LogP contribution in [0.4, 0.5) is 5.82 Å². The smallest absolute Gasteiger partial charge is 0.412 e. The molecule has 1 aromatic rings. The zero-order valence-electron chi connectivity index (χ0n) is 15.6. The Balaban J connectivity index is 0.00000392. The number of nitrogen functional groups attached to an aromatic ring is 1. The number of nitrogens with zero attached hydrogens (tertiary/aromatic N) is 3. The Hall–Kier alpha value is -0.590. The number of rotatable bonds is 8. The van der Waals surface area contributed by atoms with Gasteiger partial charge in [-0.15, -0.1) is 11.8 Å². The Morgan fingerprint density at radius 2 is 1.96 bits per heavy atom. The number of phosphoric ester groups is 1. The van der Waals surface area contributed by atoms with Crippen LogP contribution in [0.3, 0.4) is 0 Å². The van der Waals surface area contributed by atoms with E-state index in [1.807, 2.05) is 13.8 Å². The van der Waals surface area contributed by atoms with Crippen LogP contribution in [0.5, 0.6) is 0 Å². The van der Waals surface area contributed by atoms with Gasteiger partial charge in [-0.1, -0.05) is 0 Å². The lowest BCUT2D eigenvalue weighted by Crippen LogP contribution is -2.35. The fraction of sp³-hybridized carbons (Fsp3) is 0.692. The Bertz CT molecular complexity index is 766. The molecule has 0 bridgehead atoms. The summed E-state index contributed by atoms with van der Waals surface area (Å²) in [6.07, 6.45) is 2.11. The van der Waals surface area contributed by atoms with Crippen molar-refractivity contribution in [3.05, 3.63) is 17.6 Å². The van der Waals surface area contributed by atoms with E-state index in [2.05, 4.69) is 23.7 Å². The van der Waals surface area contributed by atoms with Crippen molar-refractivity contribution in [2.45, 2.75) is 50.4 Å². The van der Waals surface area contributed by atoms with Crippen LogP contribution in [-0.2, 0) is 24.5 Å². The summed E-state index contributed by atoms with van der Waals surface area (Å²) in [4.78, 5) is 37.1. The van der Waals surface area contributed by atoms with Gasteiger partial charge in [0, 0.05) is 29.6 Å². The third kappa shape index (κ3) is 7.34. The first kappa shape index (κ1) is 25.4. The molecule has 0 saturated carbocycles. The molecule has 7 N–H and O–H groups in total. The standard InChI is InChI=1S/C13H24N4O7P2S.H2O/c1-8-12(4-5-23-26(21,22)24-25(18,19)20)27-10(3)17(8)7-11-6-15-9(2)16-13(11)14;/h6,8,10,12H,4-5,7H2,1-3H3,(H,21,22)(H2,14,15,16)(H2,18,19,20);1H2/t8-,10-,12+;/m0./s1. The highest BCUT2D eigenvalue weighted by Gasteiger charge is 2.38. The summed E-state index contributed by atoms with van der Waals surface area (Å²) in [6, 6.07) is 0.107. The van der Waals surface area contributed by atoms with Gasteiger partial charge >= 0.3 is 15.6 Å². The van der Waals surface area contributed by atoms with Crippen molar-refractivity contribution >= 4 is 33.2 Å². The zero-order valence-corrected chi connectivity index (χ0v) is 18.2. The highest BCUT2D eigenvalue weighted by atomic mass is 32.2. The molecular weight excluding hydrogens is 434 g/mol. The summed E-state index contributed by atoms with van der Waals surface area (Å²) in [5.41, 5.74) is 6.79. The van der Waals surface area contributed by atoms with E-state index in [9.17, 15) is 14.0 Å². The molecule has 0 radical (unpaired) electrons. The molecule has 2 heterocycles. The summed E-state index contributed by atoms with van der Waals surface area (Å²) in [7, 11) is -9.91. The molecule has 12 nitrogen and oxygen atoms in total. The first-order valence-electron chi connectivity index (χ1n) is 8.11. The van der Waals surface area contributed by atoms with Gasteiger partial charge in [0.15, 0.2) is 0 Å². The second kappa shape index (κ2) is 9.94. The van der Waals surface area contributed by atoms with E-state index in [0.717, 1.165) is 5.56 Å². The van der Waals surface area contributed by atoms with E-state index in [4.69, 9.17) is 15.5 Å². The van der Waals surface area contributed by atoms with E-state index >= 15 is 0 Å². The average Bonchev–Trinajstić information content (AvgIpc) is 2.74. The Kier molecular flexibility index (Phi) is 9.04. The second-order valence-electron chi connectivity index (χ2n) is 6.18.